The zero-order valence-electron chi connectivity index (χ0n) is 16.7. The number of benzene rings is 3. The maximum atomic E-state index is 12.2. The fourth-order valence-corrected chi connectivity index (χ4v) is 4.99. The van der Waals surface area contributed by atoms with Crippen LogP contribution in [-0.2, 0) is 9.59 Å². The number of aromatic nitrogens is 1. The Hall–Kier alpha value is -2.94. The van der Waals surface area contributed by atoms with Crippen molar-refractivity contribution in [3.05, 3.63) is 88.9 Å². The number of carbonyl (C=O) groups excluding carboxylic acids is 2. The summed E-state index contributed by atoms with van der Waals surface area (Å²) in [5, 5.41) is 5.74. The molecule has 1 heterocycles. The van der Waals surface area contributed by atoms with E-state index < -0.39 is 0 Å². The number of rotatable bonds is 7. The lowest BCUT2D eigenvalue weighted by atomic mass is 10.2. The number of thiazole rings is 1. The standard InChI is InChI=1S/C24H18BrN3O2S2/c25-17-7-9-18(10-8-17)26-23(30)15-31-24-28-20-12-11-19(14-21(20)32-24)27-22(29)13-6-16-4-2-1-3-5-16/h1-14H,15H2,(H,26,30)(H,27,29)/b13-6-. The summed E-state index contributed by atoms with van der Waals surface area (Å²) < 4.78 is 2.71. The summed E-state index contributed by atoms with van der Waals surface area (Å²) in [4.78, 5) is 29.0. The molecular weight excluding hydrogens is 506 g/mol. The van der Waals surface area contributed by atoms with Gasteiger partial charge in [-0.1, -0.05) is 58.0 Å². The zero-order valence-corrected chi connectivity index (χ0v) is 20.0. The van der Waals surface area contributed by atoms with Gasteiger partial charge >= 0.3 is 0 Å². The number of hydrogen-bond donors (Lipinski definition) is 2. The summed E-state index contributed by atoms with van der Waals surface area (Å²) in [6, 6.07) is 22.7. The van der Waals surface area contributed by atoms with Crippen molar-refractivity contribution in [2.75, 3.05) is 16.4 Å². The molecule has 0 spiro atoms. The first-order valence-corrected chi connectivity index (χ1v) is 12.3. The fourth-order valence-electron chi connectivity index (χ4n) is 2.82. The lowest BCUT2D eigenvalue weighted by Gasteiger charge is -2.03. The predicted molar refractivity (Wildman–Crippen MR) is 137 cm³/mol. The van der Waals surface area contributed by atoms with Crippen LogP contribution in [0.15, 0.2) is 87.7 Å². The number of fused-ring (bicyclic) bond motifs is 1. The molecule has 2 N–H and O–H groups in total. The lowest BCUT2D eigenvalue weighted by molar-refractivity contribution is -0.114. The third-order valence-corrected chi connectivity index (χ3v) is 7.01. The van der Waals surface area contributed by atoms with Crippen LogP contribution in [0.25, 0.3) is 16.3 Å². The van der Waals surface area contributed by atoms with E-state index in [0.29, 0.717) is 5.69 Å². The minimum absolute atomic E-state index is 0.0882. The highest BCUT2D eigenvalue weighted by molar-refractivity contribution is 9.10. The number of thioether (sulfide) groups is 1. The highest BCUT2D eigenvalue weighted by atomic mass is 79.9. The van der Waals surface area contributed by atoms with Crippen molar-refractivity contribution in [3.8, 4) is 0 Å². The summed E-state index contributed by atoms with van der Waals surface area (Å²) in [7, 11) is 0. The molecule has 32 heavy (non-hydrogen) atoms. The van der Waals surface area contributed by atoms with E-state index in [9.17, 15) is 9.59 Å². The van der Waals surface area contributed by atoms with Crippen LogP contribution >= 0.6 is 39.0 Å². The summed E-state index contributed by atoms with van der Waals surface area (Å²) in [6.07, 6.45) is 3.28. The van der Waals surface area contributed by atoms with Crippen molar-refractivity contribution in [3.63, 3.8) is 0 Å². The minimum Gasteiger partial charge on any atom is -0.325 e. The Morgan fingerprint density at radius 2 is 1.72 bits per heavy atom. The summed E-state index contributed by atoms with van der Waals surface area (Å²) >= 11 is 6.26. The summed E-state index contributed by atoms with van der Waals surface area (Å²) in [6.45, 7) is 0. The van der Waals surface area contributed by atoms with E-state index in [4.69, 9.17) is 0 Å². The Morgan fingerprint density at radius 3 is 2.50 bits per heavy atom. The molecule has 0 bridgehead atoms. The Morgan fingerprint density at radius 1 is 0.969 bits per heavy atom. The second-order valence-corrected chi connectivity index (χ2v) is 9.91. The molecule has 1 aromatic heterocycles. The molecule has 0 radical (unpaired) electrons. The van der Waals surface area contributed by atoms with E-state index in [2.05, 4.69) is 31.5 Å². The topological polar surface area (TPSA) is 71.1 Å². The van der Waals surface area contributed by atoms with E-state index in [0.717, 1.165) is 30.3 Å². The molecule has 0 saturated heterocycles. The van der Waals surface area contributed by atoms with Gasteiger partial charge in [-0.15, -0.1) is 11.3 Å². The largest absolute Gasteiger partial charge is 0.325 e. The van der Waals surface area contributed by atoms with Gasteiger partial charge in [0, 0.05) is 21.9 Å². The van der Waals surface area contributed by atoms with Crippen molar-refractivity contribution < 1.29 is 9.59 Å². The lowest BCUT2D eigenvalue weighted by Crippen LogP contribution is -2.13. The van der Waals surface area contributed by atoms with Gasteiger partial charge in [0.25, 0.3) is 0 Å². The maximum absolute atomic E-state index is 12.2. The normalized spacial score (nSPS) is 11.0. The van der Waals surface area contributed by atoms with Crippen LogP contribution in [0.5, 0.6) is 0 Å². The van der Waals surface area contributed by atoms with Crippen LogP contribution in [0.1, 0.15) is 5.56 Å². The molecule has 4 rings (SSSR count). The number of halogens is 1. The highest BCUT2D eigenvalue weighted by Gasteiger charge is 2.09. The number of nitrogens with zero attached hydrogens (tertiary/aromatic N) is 1. The Balaban J connectivity index is 1.34. The smallest absolute Gasteiger partial charge is 0.248 e. The third-order valence-electron chi connectivity index (χ3n) is 4.32. The van der Waals surface area contributed by atoms with Crippen LogP contribution < -0.4 is 10.6 Å². The molecular formula is C24H18BrN3O2S2. The highest BCUT2D eigenvalue weighted by Crippen LogP contribution is 2.31. The van der Waals surface area contributed by atoms with E-state index in [1.165, 1.54) is 29.2 Å². The van der Waals surface area contributed by atoms with Crippen LogP contribution in [0.4, 0.5) is 11.4 Å². The van der Waals surface area contributed by atoms with E-state index in [1.807, 2.05) is 72.8 Å². The Kier molecular flexibility index (Phi) is 7.36. The van der Waals surface area contributed by atoms with Crippen LogP contribution in [0, 0.1) is 0 Å². The van der Waals surface area contributed by atoms with Crippen LogP contribution in [0.2, 0.25) is 0 Å². The monoisotopic (exact) mass is 523 g/mol. The quantitative estimate of drug-likeness (QED) is 0.216. The molecule has 0 unspecified atom stereocenters. The number of amides is 2. The van der Waals surface area contributed by atoms with Gasteiger partial charge in [0.1, 0.15) is 0 Å². The van der Waals surface area contributed by atoms with Crippen LogP contribution in [0.3, 0.4) is 0 Å². The molecule has 8 heteroatoms. The molecule has 0 aliphatic rings. The third kappa shape index (κ3) is 6.29. The molecule has 2 amide bonds. The van der Waals surface area contributed by atoms with Gasteiger partial charge in [0.05, 0.1) is 16.0 Å². The predicted octanol–water partition coefficient (Wildman–Crippen LogP) is 6.44. The molecule has 3 aromatic carbocycles. The average molecular weight is 524 g/mol. The zero-order chi connectivity index (χ0) is 22.3. The fraction of sp³-hybridized carbons (Fsp3) is 0.0417. The first kappa shape index (κ1) is 22.3. The molecule has 0 aliphatic heterocycles. The number of carbonyl (C=O) groups is 2. The molecule has 5 nitrogen and oxygen atoms in total. The number of nitrogens with one attached hydrogen (secondary N) is 2. The van der Waals surface area contributed by atoms with Crippen molar-refractivity contribution in [1.82, 2.24) is 4.98 Å². The van der Waals surface area contributed by atoms with Gasteiger partial charge in [-0.2, -0.15) is 0 Å². The van der Waals surface area contributed by atoms with Crippen molar-refractivity contribution in [2.45, 2.75) is 4.34 Å². The molecule has 0 fully saturated rings. The summed E-state index contributed by atoms with van der Waals surface area (Å²) in [5.41, 5.74) is 3.26. The first-order chi connectivity index (χ1) is 15.5. The van der Waals surface area contributed by atoms with Crippen LogP contribution in [-0.4, -0.2) is 22.6 Å². The Labute approximate surface area is 202 Å². The number of hydrogen-bond acceptors (Lipinski definition) is 5. The van der Waals surface area contributed by atoms with Gasteiger partial charge in [-0.25, -0.2) is 4.98 Å². The van der Waals surface area contributed by atoms with Gasteiger partial charge < -0.3 is 10.6 Å². The van der Waals surface area contributed by atoms with Crippen molar-refractivity contribution in [2.24, 2.45) is 0 Å². The van der Waals surface area contributed by atoms with E-state index in [1.54, 1.807) is 6.08 Å². The Bertz CT molecular complexity index is 1270. The molecule has 4 aromatic rings. The number of anilines is 2. The maximum Gasteiger partial charge on any atom is 0.248 e. The van der Waals surface area contributed by atoms with E-state index in [-0.39, 0.29) is 17.6 Å². The van der Waals surface area contributed by atoms with Gasteiger partial charge in [0.15, 0.2) is 4.34 Å². The average Bonchev–Trinajstić information content (AvgIpc) is 3.21. The van der Waals surface area contributed by atoms with E-state index >= 15 is 0 Å². The SMILES string of the molecule is O=C(/C=C\c1ccccc1)Nc1ccc2nc(SCC(=O)Nc3ccc(Br)cc3)sc2c1. The van der Waals surface area contributed by atoms with Gasteiger partial charge in [-0.05, 0) is 54.1 Å². The first-order valence-electron chi connectivity index (χ1n) is 9.68. The second kappa shape index (κ2) is 10.6. The van der Waals surface area contributed by atoms with Gasteiger partial charge in [-0.3, -0.25) is 9.59 Å². The van der Waals surface area contributed by atoms with Gasteiger partial charge in [0.2, 0.25) is 11.8 Å². The molecule has 0 atom stereocenters. The summed E-state index contributed by atoms with van der Waals surface area (Å²) in [5.74, 6) is -0.0179. The second-order valence-electron chi connectivity index (χ2n) is 6.74. The molecule has 0 saturated carbocycles. The minimum atomic E-state index is -0.197. The van der Waals surface area contributed by atoms with Crippen molar-refractivity contribution in [1.29, 1.82) is 0 Å². The molecule has 160 valence electrons. The van der Waals surface area contributed by atoms with Crippen molar-refractivity contribution >= 4 is 78.5 Å². The molecule has 0 aliphatic carbocycles.